The van der Waals surface area contributed by atoms with Gasteiger partial charge in [0.25, 0.3) is 0 Å². The maximum atomic E-state index is 12.4. The lowest BCUT2D eigenvalue weighted by atomic mass is 9.82. The van der Waals surface area contributed by atoms with Gasteiger partial charge in [-0.15, -0.1) is 4.52 Å². The van der Waals surface area contributed by atoms with Crippen LogP contribution in [-0.4, -0.2) is 12.3 Å². The smallest absolute Gasteiger partial charge is 0.142 e. The number of hydrogen-bond acceptors (Lipinski definition) is 2. The molecule has 1 aromatic rings. The molecule has 1 saturated carbocycles. The Bertz CT molecular complexity index is 474. The molecule has 3 heteroatoms. The summed E-state index contributed by atoms with van der Waals surface area (Å²) in [7, 11) is -1.50. The summed E-state index contributed by atoms with van der Waals surface area (Å²) in [6, 6.07) is 10.6. The van der Waals surface area contributed by atoms with E-state index in [2.05, 4.69) is 37.3 Å². The van der Waals surface area contributed by atoms with Gasteiger partial charge in [-0.25, -0.2) is 0 Å². The van der Waals surface area contributed by atoms with Crippen molar-refractivity contribution in [2.24, 2.45) is 0 Å². The molecule has 2 nitrogen and oxygen atoms in total. The number of hydrogen-bond donors (Lipinski definition) is 0. The summed E-state index contributed by atoms with van der Waals surface area (Å²) in [5, 5.41) is 0. The third-order valence-corrected chi connectivity index (χ3v) is 6.56. The zero-order valence-corrected chi connectivity index (χ0v) is 16.9. The highest BCUT2D eigenvalue weighted by Crippen LogP contribution is 2.40. The summed E-state index contributed by atoms with van der Waals surface area (Å²) in [5.74, 6) is 0.424. The normalized spacial score (nSPS) is 21.2. The van der Waals surface area contributed by atoms with Crippen molar-refractivity contribution in [3.63, 3.8) is 0 Å². The molecule has 0 radical (unpaired) electrons. The summed E-state index contributed by atoms with van der Waals surface area (Å²) in [6.07, 6.45) is 15.8. The number of rotatable bonds is 12. The van der Waals surface area contributed by atoms with E-state index < -0.39 is 8.03 Å². The summed E-state index contributed by atoms with van der Waals surface area (Å²) in [4.78, 5) is 0. The molecule has 1 aliphatic rings. The average Bonchev–Trinajstić information content (AvgIpc) is 2.65. The van der Waals surface area contributed by atoms with Crippen LogP contribution >= 0.6 is 8.03 Å². The summed E-state index contributed by atoms with van der Waals surface area (Å²) in [6.45, 7) is 2.26. The molecule has 0 aromatic heterocycles. The molecule has 1 unspecified atom stereocenters. The van der Waals surface area contributed by atoms with Crippen molar-refractivity contribution in [2.75, 3.05) is 6.16 Å². The average molecular weight is 364 g/mol. The Morgan fingerprint density at radius 1 is 0.920 bits per heavy atom. The van der Waals surface area contributed by atoms with Crippen LogP contribution in [0.5, 0.6) is 0 Å². The van der Waals surface area contributed by atoms with E-state index in [9.17, 15) is 4.57 Å². The molecule has 0 bridgehead atoms. The predicted molar refractivity (Wildman–Crippen MR) is 108 cm³/mol. The van der Waals surface area contributed by atoms with E-state index in [-0.39, 0.29) is 6.10 Å². The van der Waals surface area contributed by atoms with Gasteiger partial charge in [0, 0.05) is 5.92 Å². The summed E-state index contributed by atoms with van der Waals surface area (Å²) in [5.41, 5.74) is 1.35. The molecule has 3 atom stereocenters. The molecule has 0 heterocycles. The van der Waals surface area contributed by atoms with Gasteiger partial charge in [0.05, 0.1) is 0 Å². The minimum Gasteiger partial charge on any atom is -0.142 e. The van der Waals surface area contributed by atoms with Crippen LogP contribution in [-0.2, 0) is 9.09 Å². The van der Waals surface area contributed by atoms with E-state index in [1.807, 2.05) is 0 Å². The molecule has 0 spiro atoms. The molecular weight excluding hydrogens is 327 g/mol. The van der Waals surface area contributed by atoms with Crippen LogP contribution < -0.4 is 0 Å². The first-order valence-corrected chi connectivity index (χ1v) is 11.8. The Morgan fingerprint density at radius 3 is 2.28 bits per heavy atom. The second kappa shape index (κ2) is 12.6. The van der Waals surface area contributed by atoms with Crippen LogP contribution in [0.4, 0.5) is 0 Å². The molecule has 0 saturated heterocycles. The Balaban J connectivity index is 1.65. The Kier molecular flexibility index (Phi) is 10.4. The van der Waals surface area contributed by atoms with Crippen LogP contribution in [0.2, 0.25) is 0 Å². The van der Waals surface area contributed by atoms with Crippen molar-refractivity contribution < 1.29 is 9.09 Å². The van der Waals surface area contributed by atoms with Gasteiger partial charge >= 0.3 is 8.03 Å². The van der Waals surface area contributed by atoms with Gasteiger partial charge in [0.15, 0.2) is 6.16 Å². The maximum absolute atomic E-state index is 12.4. The molecule has 1 aliphatic carbocycles. The molecule has 140 valence electrons. The Morgan fingerprint density at radius 2 is 1.56 bits per heavy atom. The van der Waals surface area contributed by atoms with Gasteiger partial charge in [-0.1, -0.05) is 88.6 Å². The fourth-order valence-electron chi connectivity index (χ4n) is 3.88. The third kappa shape index (κ3) is 8.01. The highest BCUT2D eigenvalue weighted by Gasteiger charge is 2.34. The molecule has 25 heavy (non-hydrogen) atoms. The van der Waals surface area contributed by atoms with Crippen LogP contribution in [0.15, 0.2) is 30.3 Å². The minimum atomic E-state index is -1.50. The van der Waals surface area contributed by atoms with Gasteiger partial charge < -0.3 is 0 Å². The van der Waals surface area contributed by atoms with Crippen LogP contribution in [0, 0.1) is 0 Å². The van der Waals surface area contributed by atoms with E-state index in [1.54, 1.807) is 0 Å². The standard InChI is InChI=1S/C22H36O2P/c1-2-3-4-5-6-7-8-14-19-25(23)24-22-18-13-12-17-21(22)20-15-10-9-11-16-20/h9-11,15-16,21-22H,2-8,12-14,17-19H2,1H3/q+1/t21-,22+/m0/s1. The largest absolute Gasteiger partial charge is 0.508 e. The zero-order chi connectivity index (χ0) is 17.7. The second-order valence-corrected chi connectivity index (χ2v) is 8.80. The Hall–Kier alpha value is -0.720. The first kappa shape index (κ1) is 20.6. The fraction of sp³-hybridized carbons (Fsp3) is 0.727. The lowest BCUT2D eigenvalue weighted by Crippen LogP contribution is -2.24. The number of unbranched alkanes of at least 4 members (excludes halogenated alkanes) is 7. The first-order chi connectivity index (χ1) is 12.3. The van der Waals surface area contributed by atoms with Crippen LogP contribution in [0.3, 0.4) is 0 Å². The monoisotopic (exact) mass is 363 g/mol. The zero-order valence-electron chi connectivity index (χ0n) is 16.0. The van der Waals surface area contributed by atoms with Gasteiger partial charge in [-0.05, 0) is 35.8 Å². The van der Waals surface area contributed by atoms with Crippen LogP contribution in [0.25, 0.3) is 0 Å². The summed E-state index contributed by atoms with van der Waals surface area (Å²) >= 11 is 0. The van der Waals surface area contributed by atoms with Crippen molar-refractivity contribution in [1.82, 2.24) is 0 Å². The quantitative estimate of drug-likeness (QED) is 0.282. The van der Waals surface area contributed by atoms with Crippen LogP contribution in [0.1, 0.15) is 95.5 Å². The van der Waals surface area contributed by atoms with E-state index in [4.69, 9.17) is 4.52 Å². The van der Waals surface area contributed by atoms with Gasteiger partial charge in [0.2, 0.25) is 0 Å². The van der Waals surface area contributed by atoms with Gasteiger partial charge in [-0.3, -0.25) is 0 Å². The molecule has 0 aliphatic heterocycles. The number of benzene rings is 1. The van der Waals surface area contributed by atoms with Crippen molar-refractivity contribution in [3.05, 3.63) is 35.9 Å². The van der Waals surface area contributed by atoms with E-state index in [0.29, 0.717) is 5.92 Å². The molecule has 0 N–H and O–H groups in total. The van der Waals surface area contributed by atoms with E-state index >= 15 is 0 Å². The summed E-state index contributed by atoms with van der Waals surface area (Å²) < 4.78 is 18.4. The third-order valence-electron chi connectivity index (χ3n) is 5.38. The Labute approximate surface area is 155 Å². The molecule has 1 fully saturated rings. The predicted octanol–water partition coefficient (Wildman–Crippen LogP) is 7.61. The van der Waals surface area contributed by atoms with Crippen molar-refractivity contribution in [2.45, 2.75) is 96.0 Å². The van der Waals surface area contributed by atoms with E-state index in [0.717, 1.165) is 25.4 Å². The molecular formula is C22H36O2P+. The lowest BCUT2D eigenvalue weighted by Gasteiger charge is -2.27. The highest BCUT2D eigenvalue weighted by molar-refractivity contribution is 7.39. The van der Waals surface area contributed by atoms with Gasteiger partial charge in [0.1, 0.15) is 6.10 Å². The molecule has 0 amide bonds. The van der Waals surface area contributed by atoms with E-state index in [1.165, 1.54) is 63.4 Å². The molecule has 2 rings (SSSR count). The van der Waals surface area contributed by atoms with Crippen molar-refractivity contribution in [1.29, 1.82) is 0 Å². The fourth-order valence-corrected chi connectivity index (χ4v) is 5.02. The topological polar surface area (TPSA) is 26.3 Å². The highest BCUT2D eigenvalue weighted by atomic mass is 31.1. The SMILES string of the molecule is CCCCCCCCCC[P+](=O)O[C@@H]1CCCC[C@H]1c1ccccc1. The maximum Gasteiger partial charge on any atom is 0.508 e. The lowest BCUT2D eigenvalue weighted by molar-refractivity contribution is 0.140. The van der Waals surface area contributed by atoms with Crippen molar-refractivity contribution in [3.8, 4) is 0 Å². The molecule has 1 aromatic carbocycles. The van der Waals surface area contributed by atoms with Gasteiger partial charge in [-0.2, -0.15) is 0 Å². The first-order valence-electron chi connectivity index (χ1n) is 10.5. The second-order valence-electron chi connectivity index (χ2n) is 7.48. The minimum absolute atomic E-state index is 0.147. The van der Waals surface area contributed by atoms with Crippen molar-refractivity contribution >= 4 is 8.03 Å².